The maximum Gasteiger partial charge on any atom is 0.0703 e. The van der Waals surface area contributed by atoms with Gasteiger partial charge >= 0.3 is 0 Å². The standard InChI is InChI=1S/C13H19N3O/c1-10(2)9-17-6-5-16-13-7-12(14)4-3-11(13)8-15-16/h3-4,7-8,10H,5-6,9,14H2,1-2H3. The minimum atomic E-state index is 0.569. The maximum atomic E-state index is 5.77. The van der Waals surface area contributed by atoms with Crippen LogP contribution >= 0.6 is 0 Å². The van der Waals surface area contributed by atoms with Crippen molar-refractivity contribution in [2.24, 2.45) is 5.92 Å². The van der Waals surface area contributed by atoms with Crippen LogP contribution < -0.4 is 5.73 Å². The highest BCUT2D eigenvalue weighted by molar-refractivity contribution is 5.81. The van der Waals surface area contributed by atoms with Crippen molar-refractivity contribution in [1.29, 1.82) is 0 Å². The molecule has 2 rings (SSSR count). The molecule has 4 nitrogen and oxygen atoms in total. The number of hydrogen-bond acceptors (Lipinski definition) is 3. The Bertz CT molecular complexity index is 490. The lowest BCUT2D eigenvalue weighted by molar-refractivity contribution is 0.102. The summed E-state index contributed by atoms with van der Waals surface area (Å²) in [6.45, 7) is 6.53. The second-order valence-corrected chi connectivity index (χ2v) is 4.65. The smallest absolute Gasteiger partial charge is 0.0703 e. The molecule has 0 fully saturated rings. The molecular formula is C13H19N3O. The van der Waals surface area contributed by atoms with Crippen LogP contribution in [0.4, 0.5) is 5.69 Å². The van der Waals surface area contributed by atoms with Crippen LogP contribution in [0.2, 0.25) is 0 Å². The van der Waals surface area contributed by atoms with Crippen LogP contribution in [0.1, 0.15) is 13.8 Å². The minimum absolute atomic E-state index is 0.569. The van der Waals surface area contributed by atoms with E-state index < -0.39 is 0 Å². The van der Waals surface area contributed by atoms with E-state index in [1.807, 2.05) is 29.1 Å². The molecule has 0 atom stereocenters. The highest BCUT2D eigenvalue weighted by atomic mass is 16.5. The summed E-state index contributed by atoms with van der Waals surface area (Å²) >= 11 is 0. The SMILES string of the molecule is CC(C)COCCn1ncc2ccc(N)cc21. The molecule has 0 unspecified atom stereocenters. The molecule has 1 aromatic carbocycles. The van der Waals surface area contributed by atoms with Gasteiger partial charge in [0.25, 0.3) is 0 Å². The average molecular weight is 233 g/mol. The fourth-order valence-electron chi connectivity index (χ4n) is 1.74. The Morgan fingerprint density at radius 2 is 2.24 bits per heavy atom. The Balaban J connectivity index is 2.01. The van der Waals surface area contributed by atoms with E-state index in [2.05, 4.69) is 18.9 Å². The van der Waals surface area contributed by atoms with Crippen molar-refractivity contribution in [1.82, 2.24) is 9.78 Å². The van der Waals surface area contributed by atoms with Gasteiger partial charge in [0.2, 0.25) is 0 Å². The van der Waals surface area contributed by atoms with Crippen molar-refractivity contribution >= 4 is 16.6 Å². The normalized spacial score (nSPS) is 11.5. The first-order chi connectivity index (χ1) is 8.16. The zero-order chi connectivity index (χ0) is 12.3. The molecule has 17 heavy (non-hydrogen) atoms. The summed E-state index contributed by atoms with van der Waals surface area (Å²) in [5.41, 5.74) is 7.61. The molecule has 0 bridgehead atoms. The number of nitrogen functional groups attached to an aromatic ring is 1. The Labute approximate surface area is 101 Å². The number of ether oxygens (including phenoxy) is 1. The van der Waals surface area contributed by atoms with E-state index >= 15 is 0 Å². The molecule has 0 aliphatic heterocycles. The van der Waals surface area contributed by atoms with Crippen LogP contribution in [0.5, 0.6) is 0 Å². The third kappa shape index (κ3) is 2.97. The summed E-state index contributed by atoms with van der Waals surface area (Å²) in [4.78, 5) is 0. The van der Waals surface area contributed by atoms with E-state index in [1.54, 1.807) is 0 Å². The average Bonchev–Trinajstić information content (AvgIpc) is 2.67. The lowest BCUT2D eigenvalue weighted by Crippen LogP contribution is -2.10. The van der Waals surface area contributed by atoms with Crippen LogP contribution in [-0.4, -0.2) is 23.0 Å². The van der Waals surface area contributed by atoms with Gasteiger partial charge in [-0.05, 0) is 24.1 Å². The van der Waals surface area contributed by atoms with Gasteiger partial charge in [0.15, 0.2) is 0 Å². The minimum Gasteiger partial charge on any atom is -0.399 e. The first-order valence-electron chi connectivity index (χ1n) is 5.95. The van der Waals surface area contributed by atoms with E-state index in [4.69, 9.17) is 10.5 Å². The van der Waals surface area contributed by atoms with Gasteiger partial charge < -0.3 is 10.5 Å². The summed E-state index contributed by atoms with van der Waals surface area (Å²) in [5.74, 6) is 0.569. The van der Waals surface area contributed by atoms with Crippen LogP contribution in [0.3, 0.4) is 0 Å². The molecule has 0 spiro atoms. The molecule has 0 amide bonds. The Morgan fingerprint density at radius 3 is 3.00 bits per heavy atom. The van der Waals surface area contributed by atoms with Crippen molar-refractivity contribution < 1.29 is 4.74 Å². The number of nitrogens with two attached hydrogens (primary N) is 1. The Hall–Kier alpha value is -1.55. The number of hydrogen-bond donors (Lipinski definition) is 1. The lowest BCUT2D eigenvalue weighted by Gasteiger charge is -2.07. The number of benzene rings is 1. The first-order valence-corrected chi connectivity index (χ1v) is 5.95. The number of nitrogens with zero attached hydrogens (tertiary/aromatic N) is 2. The van der Waals surface area contributed by atoms with Gasteiger partial charge in [-0.25, -0.2) is 0 Å². The summed E-state index contributed by atoms with van der Waals surface area (Å²) in [5, 5.41) is 5.45. The molecule has 0 aliphatic rings. The Kier molecular flexibility index (Phi) is 3.64. The largest absolute Gasteiger partial charge is 0.399 e. The molecule has 4 heteroatoms. The molecule has 0 saturated heterocycles. The zero-order valence-electron chi connectivity index (χ0n) is 10.4. The molecule has 2 aromatic rings. The second kappa shape index (κ2) is 5.19. The van der Waals surface area contributed by atoms with Gasteiger partial charge in [-0.15, -0.1) is 0 Å². The van der Waals surface area contributed by atoms with Gasteiger partial charge in [0.1, 0.15) is 0 Å². The summed E-state index contributed by atoms with van der Waals surface area (Å²) in [6, 6.07) is 5.83. The van der Waals surface area contributed by atoms with Crippen molar-refractivity contribution in [2.45, 2.75) is 20.4 Å². The van der Waals surface area contributed by atoms with Crippen molar-refractivity contribution in [3.63, 3.8) is 0 Å². The van der Waals surface area contributed by atoms with E-state index in [0.717, 1.165) is 29.7 Å². The second-order valence-electron chi connectivity index (χ2n) is 4.65. The topological polar surface area (TPSA) is 53.1 Å². The predicted octanol–water partition coefficient (Wildman–Crippen LogP) is 2.29. The molecule has 2 N–H and O–H groups in total. The molecule has 92 valence electrons. The fraction of sp³-hybridized carbons (Fsp3) is 0.462. The van der Waals surface area contributed by atoms with E-state index in [-0.39, 0.29) is 0 Å². The predicted molar refractivity (Wildman–Crippen MR) is 69.8 cm³/mol. The molecule has 1 aromatic heterocycles. The third-order valence-corrected chi connectivity index (χ3v) is 2.57. The van der Waals surface area contributed by atoms with Crippen LogP contribution in [0, 0.1) is 5.92 Å². The monoisotopic (exact) mass is 233 g/mol. The van der Waals surface area contributed by atoms with Gasteiger partial charge in [-0.1, -0.05) is 13.8 Å². The lowest BCUT2D eigenvalue weighted by atomic mass is 10.2. The van der Waals surface area contributed by atoms with Gasteiger partial charge in [-0.3, -0.25) is 4.68 Å². The van der Waals surface area contributed by atoms with E-state index in [0.29, 0.717) is 12.5 Å². The molecule has 0 aliphatic carbocycles. The first kappa shape index (κ1) is 11.9. The Morgan fingerprint density at radius 1 is 1.41 bits per heavy atom. The van der Waals surface area contributed by atoms with E-state index in [9.17, 15) is 0 Å². The number of rotatable bonds is 5. The highest BCUT2D eigenvalue weighted by Crippen LogP contribution is 2.16. The highest BCUT2D eigenvalue weighted by Gasteiger charge is 2.03. The van der Waals surface area contributed by atoms with Gasteiger partial charge in [0.05, 0.1) is 24.9 Å². The van der Waals surface area contributed by atoms with Gasteiger partial charge in [-0.2, -0.15) is 5.10 Å². The summed E-state index contributed by atoms with van der Waals surface area (Å²) in [7, 11) is 0. The fourth-order valence-corrected chi connectivity index (χ4v) is 1.74. The van der Waals surface area contributed by atoms with Crippen LogP contribution in [0.15, 0.2) is 24.4 Å². The number of fused-ring (bicyclic) bond motifs is 1. The molecular weight excluding hydrogens is 214 g/mol. The quantitative estimate of drug-likeness (QED) is 0.636. The summed E-state index contributed by atoms with van der Waals surface area (Å²) < 4.78 is 7.49. The molecule has 0 radical (unpaired) electrons. The van der Waals surface area contributed by atoms with Crippen LogP contribution in [0.25, 0.3) is 10.9 Å². The summed E-state index contributed by atoms with van der Waals surface area (Å²) in [6.07, 6.45) is 1.86. The van der Waals surface area contributed by atoms with Crippen molar-refractivity contribution in [3.05, 3.63) is 24.4 Å². The van der Waals surface area contributed by atoms with E-state index in [1.165, 1.54) is 0 Å². The number of aromatic nitrogens is 2. The van der Waals surface area contributed by atoms with Gasteiger partial charge in [0, 0.05) is 17.7 Å². The van der Waals surface area contributed by atoms with Crippen molar-refractivity contribution in [3.8, 4) is 0 Å². The van der Waals surface area contributed by atoms with Crippen molar-refractivity contribution in [2.75, 3.05) is 18.9 Å². The van der Waals surface area contributed by atoms with Crippen LogP contribution in [-0.2, 0) is 11.3 Å². The third-order valence-electron chi connectivity index (χ3n) is 2.57. The maximum absolute atomic E-state index is 5.77. The molecule has 1 heterocycles. The molecule has 0 saturated carbocycles. The number of anilines is 1. The zero-order valence-corrected chi connectivity index (χ0v) is 10.4.